The molecule has 1 aromatic rings. The van der Waals surface area contributed by atoms with Gasteiger partial charge >= 0.3 is 5.97 Å². The highest BCUT2D eigenvalue weighted by Crippen LogP contribution is 2.24. The van der Waals surface area contributed by atoms with Crippen molar-refractivity contribution in [3.63, 3.8) is 0 Å². The van der Waals surface area contributed by atoms with Crippen molar-refractivity contribution in [2.75, 3.05) is 25.6 Å². The summed E-state index contributed by atoms with van der Waals surface area (Å²) in [6.45, 7) is 6.19. The van der Waals surface area contributed by atoms with Crippen LogP contribution in [-0.4, -0.2) is 37.4 Å². The Kier molecular flexibility index (Phi) is 4.95. The number of methoxy groups -OCH3 is 1. The van der Waals surface area contributed by atoms with Gasteiger partial charge in [-0.15, -0.1) is 0 Å². The Morgan fingerprint density at radius 2 is 2.00 bits per heavy atom. The van der Waals surface area contributed by atoms with E-state index in [0.717, 1.165) is 5.69 Å². The highest BCUT2D eigenvalue weighted by molar-refractivity contribution is 5.95. The Bertz CT molecular complexity index is 441. The summed E-state index contributed by atoms with van der Waals surface area (Å²) in [5.41, 5.74) is 0.445. The Morgan fingerprint density at radius 3 is 2.53 bits per heavy atom. The number of carbonyl (C=O) groups excluding carboxylic acids is 1. The fourth-order valence-electron chi connectivity index (χ4n) is 1.84. The molecular weight excluding hydrogens is 242 g/mol. The van der Waals surface area contributed by atoms with E-state index in [0.29, 0.717) is 12.1 Å². The first-order valence-electron chi connectivity index (χ1n) is 6.40. The van der Waals surface area contributed by atoms with Gasteiger partial charge in [0.05, 0.1) is 24.0 Å². The zero-order valence-corrected chi connectivity index (χ0v) is 12.3. The van der Waals surface area contributed by atoms with E-state index in [2.05, 4.69) is 0 Å². The second-order valence-corrected chi connectivity index (χ2v) is 5.38. The molecule has 1 atom stereocenters. The zero-order chi connectivity index (χ0) is 14.6. The van der Waals surface area contributed by atoms with E-state index in [-0.39, 0.29) is 11.9 Å². The molecule has 0 bridgehead atoms. The van der Waals surface area contributed by atoms with Crippen LogP contribution in [0.1, 0.15) is 31.1 Å². The first-order chi connectivity index (χ1) is 8.79. The van der Waals surface area contributed by atoms with Crippen LogP contribution in [0, 0.1) is 5.92 Å². The van der Waals surface area contributed by atoms with E-state index in [1.54, 1.807) is 19.1 Å². The molecule has 1 aromatic carbocycles. The smallest absolute Gasteiger partial charge is 0.339 e. The lowest BCUT2D eigenvalue weighted by molar-refractivity contribution is 0.0215. The van der Waals surface area contributed by atoms with Crippen molar-refractivity contribution in [3.8, 4) is 0 Å². The van der Waals surface area contributed by atoms with Crippen molar-refractivity contribution >= 4 is 11.7 Å². The van der Waals surface area contributed by atoms with Crippen LogP contribution in [0.25, 0.3) is 0 Å². The molecule has 0 aliphatic heterocycles. The highest BCUT2D eigenvalue weighted by atomic mass is 16.5. The molecule has 1 unspecified atom stereocenters. The summed E-state index contributed by atoms with van der Waals surface area (Å²) in [4.78, 5) is 13.6. The van der Waals surface area contributed by atoms with Crippen LogP contribution in [0.2, 0.25) is 0 Å². The molecule has 0 aliphatic carbocycles. The Labute approximate surface area is 115 Å². The van der Waals surface area contributed by atoms with Crippen LogP contribution >= 0.6 is 0 Å². The number of para-hydroxylation sites is 1. The van der Waals surface area contributed by atoms with Crippen molar-refractivity contribution in [1.82, 2.24) is 0 Å². The maximum Gasteiger partial charge on any atom is 0.339 e. The minimum absolute atomic E-state index is 0.125. The van der Waals surface area contributed by atoms with Crippen LogP contribution in [0.15, 0.2) is 24.3 Å². The molecule has 106 valence electrons. The van der Waals surface area contributed by atoms with Crippen LogP contribution < -0.4 is 4.90 Å². The van der Waals surface area contributed by atoms with Gasteiger partial charge in [0, 0.05) is 13.6 Å². The first kappa shape index (κ1) is 15.5. The molecule has 0 spiro atoms. The van der Waals surface area contributed by atoms with Gasteiger partial charge in [0.2, 0.25) is 0 Å². The lowest BCUT2D eigenvalue weighted by Crippen LogP contribution is -2.43. The molecule has 19 heavy (non-hydrogen) atoms. The van der Waals surface area contributed by atoms with Crippen LogP contribution in [0.4, 0.5) is 5.69 Å². The third kappa shape index (κ3) is 3.70. The van der Waals surface area contributed by atoms with E-state index < -0.39 is 5.60 Å². The van der Waals surface area contributed by atoms with Gasteiger partial charge in [-0.2, -0.15) is 0 Å². The number of rotatable bonds is 5. The van der Waals surface area contributed by atoms with Gasteiger partial charge in [-0.25, -0.2) is 4.79 Å². The molecule has 0 aromatic heterocycles. The van der Waals surface area contributed by atoms with Gasteiger partial charge in [0.15, 0.2) is 0 Å². The summed E-state index contributed by atoms with van der Waals surface area (Å²) >= 11 is 0. The third-order valence-corrected chi connectivity index (χ3v) is 3.52. The maximum atomic E-state index is 11.7. The molecule has 0 amide bonds. The number of esters is 1. The van der Waals surface area contributed by atoms with Gasteiger partial charge < -0.3 is 14.7 Å². The lowest BCUT2D eigenvalue weighted by Gasteiger charge is -2.34. The van der Waals surface area contributed by atoms with Crippen LogP contribution in [-0.2, 0) is 4.74 Å². The van der Waals surface area contributed by atoms with Crippen LogP contribution in [0.5, 0.6) is 0 Å². The monoisotopic (exact) mass is 265 g/mol. The molecule has 4 heteroatoms. The third-order valence-electron chi connectivity index (χ3n) is 3.52. The molecule has 1 N–H and O–H groups in total. The number of ether oxygens (including phenoxy) is 1. The van der Waals surface area contributed by atoms with Gasteiger partial charge in [-0.3, -0.25) is 0 Å². The quantitative estimate of drug-likeness (QED) is 0.830. The number of hydrogen-bond donors (Lipinski definition) is 1. The number of benzene rings is 1. The molecule has 4 nitrogen and oxygen atoms in total. The predicted molar refractivity (Wildman–Crippen MR) is 76.5 cm³/mol. The van der Waals surface area contributed by atoms with E-state index >= 15 is 0 Å². The van der Waals surface area contributed by atoms with E-state index in [4.69, 9.17) is 4.74 Å². The SMILES string of the molecule is COC(=O)c1ccccc1N(C)CC(C)(O)C(C)C. The van der Waals surface area contributed by atoms with E-state index in [1.165, 1.54) is 7.11 Å². The second kappa shape index (κ2) is 6.06. The molecule has 0 saturated carbocycles. The van der Waals surface area contributed by atoms with Gasteiger partial charge in [-0.05, 0) is 25.0 Å². The first-order valence-corrected chi connectivity index (χ1v) is 6.40. The summed E-state index contributed by atoms with van der Waals surface area (Å²) in [5, 5.41) is 10.4. The summed E-state index contributed by atoms with van der Waals surface area (Å²) in [6, 6.07) is 7.23. The van der Waals surface area contributed by atoms with Crippen molar-refractivity contribution in [2.45, 2.75) is 26.4 Å². The van der Waals surface area contributed by atoms with Crippen molar-refractivity contribution in [1.29, 1.82) is 0 Å². The van der Waals surface area contributed by atoms with Crippen molar-refractivity contribution in [3.05, 3.63) is 29.8 Å². The number of aliphatic hydroxyl groups is 1. The number of hydrogen-bond acceptors (Lipinski definition) is 4. The molecule has 0 heterocycles. The second-order valence-electron chi connectivity index (χ2n) is 5.38. The van der Waals surface area contributed by atoms with Gasteiger partial charge in [0.1, 0.15) is 0 Å². The molecule has 0 aliphatic rings. The van der Waals surface area contributed by atoms with Crippen LogP contribution in [0.3, 0.4) is 0 Å². The minimum Gasteiger partial charge on any atom is -0.465 e. The average molecular weight is 265 g/mol. The molecule has 1 rings (SSSR count). The topological polar surface area (TPSA) is 49.8 Å². The molecule has 0 fully saturated rings. The lowest BCUT2D eigenvalue weighted by atomic mass is 9.92. The predicted octanol–water partition coefficient (Wildman–Crippen LogP) is 2.32. The van der Waals surface area contributed by atoms with E-state index in [1.807, 2.05) is 37.9 Å². The normalized spacial score (nSPS) is 14.1. The van der Waals surface area contributed by atoms with Crippen molar-refractivity contribution in [2.24, 2.45) is 5.92 Å². The number of carbonyl (C=O) groups is 1. The number of nitrogens with zero attached hydrogens (tertiary/aromatic N) is 1. The zero-order valence-electron chi connectivity index (χ0n) is 12.3. The van der Waals surface area contributed by atoms with Gasteiger partial charge in [-0.1, -0.05) is 26.0 Å². The number of anilines is 1. The average Bonchev–Trinajstić information content (AvgIpc) is 2.37. The summed E-state index contributed by atoms with van der Waals surface area (Å²) in [5.74, 6) is -0.244. The molecule has 0 saturated heterocycles. The summed E-state index contributed by atoms with van der Waals surface area (Å²) < 4.78 is 4.78. The standard InChI is InChI=1S/C15H23NO3/c1-11(2)15(3,18)10-16(4)13-9-7-6-8-12(13)14(17)19-5/h6-9,11,18H,10H2,1-5H3. The summed E-state index contributed by atoms with van der Waals surface area (Å²) in [6.07, 6.45) is 0. The molecule has 0 radical (unpaired) electrons. The fraction of sp³-hybridized carbons (Fsp3) is 0.533. The molecular formula is C15H23NO3. The maximum absolute atomic E-state index is 11.7. The largest absolute Gasteiger partial charge is 0.465 e. The van der Waals surface area contributed by atoms with Gasteiger partial charge in [0.25, 0.3) is 0 Å². The highest BCUT2D eigenvalue weighted by Gasteiger charge is 2.27. The number of likely N-dealkylation sites (N-methyl/N-ethyl adjacent to an activating group) is 1. The Morgan fingerprint density at radius 1 is 1.42 bits per heavy atom. The Balaban J connectivity index is 3.00. The minimum atomic E-state index is -0.821. The van der Waals surface area contributed by atoms with Crippen molar-refractivity contribution < 1.29 is 14.6 Å². The fourth-order valence-corrected chi connectivity index (χ4v) is 1.84. The Hall–Kier alpha value is -1.55. The summed E-state index contributed by atoms with van der Waals surface area (Å²) in [7, 11) is 3.22. The van der Waals surface area contributed by atoms with E-state index in [9.17, 15) is 9.90 Å².